The van der Waals surface area contributed by atoms with Gasteiger partial charge < -0.3 is 14.6 Å². The van der Waals surface area contributed by atoms with E-state index in [0.29, 0.717) is 22.2 Å². The molecule has 0 saturated carbocycles. The molecule has 0 radical (unpaired) electrons. The Kier molecular flexibility index (Phi) is 5.62. The number of halogens is 1. The van der Waals surface area contributed by atoms with Gasteiger partial charge in [-0.1, -0.05) is 29.8 Å². The Hall–Kier alpha value is -3.05. The molecule has 0 aliphatic rings. The number of rotatable bonds is 5. The number of hydrogen-bond acceptors (Lipinski definition) is 3. The van der Waals surface area contributed by atoms with Gasteiger partial charge >= 0.3 is 0 Å². The molecule has 1 amide bonds. The minimum atomic E-state index is -0.413. The van der Waals surface area contributed by atoms with Crippen molar-refractivity contribution in [1.82, 2.24) is 4.98 Å². The largest absolute Gasteiger partial charge is 0.497 e. The number of anilines is 1. The Labute approximate surface area is 162 Å². The van der Waals surface area contributed by atoms with E-state index < -0.39 is 5.56 Å². The van der Waals surface area contributed by atoms with Crippen LogP contribution < -0.4 is 15.2 Å². The number of methoxy groups -OCH3 is 1. The first-order valence-electron chi connectivity index (χ1n) is 8.38. The molecule has 0 atom stereocenters. The van der Waals surface area contributed by atoms with Crippen LogP contribution in [0.3, 0.4) is 0 Å². The molecule has 138 valence electrons. The van der Waals surface area contributed by atoms with E-state index in [9.17, 15) is 9.59 Å². The highest BCUT2D eigenvalue weighted by molar-refractivity contribution is 6.30. The maximum atomic E-state index is 13.2. The van der Waals surface area contributed by atoms with Gasteiger partial charge in [0, 0.05) is 22.5 Å². The van der Waals surface area contributed by atoms with Crippen LogP contribution in [0.1, 0.15) is 21.6 Å². The Morgan fingerprint density at radius 1 is 1.11 bits per heavy atom. The van der Waals surface area contributed by atoms with Gasteiger partial charge in [0.25, 0.3) is 11.5 Å². The number of aryl methyl sites for hydroxylation is 1. The number of benzene rings is 2. The lowest BCUT2D eigenvalue weighted by molar-refractivity contribution is 0.0983. The zero-order valence-electron chi connectivity index (χ0n) is 15.0. The van der Waals surface area contributed by atoms with Gasteiger partial charge in [0.1, 0.15) is 11.3 Å². The van der Waals surface area contributed by atoms with Crippen molar-refractivity contribution in [3.63, 3.8) is 0 Å². The van der Waals surface area contributed by atoms with Crippen LogP contribution in [0.25, 0.3) is 0 Å². The second-order valence-corrected chi connectivity index (χ2v) is 6.54. The molecule has 0 fully saturated rings. The quantitative estimate of drug-likeness (QED) is 0.719. The Morgan fingerprint density at radius 3 is 2.52 bits per heavy atom. The summed E-state index contributed by atoms with van der Waals surface area (Å²) in [5.74, 6) is 0.235. The third kappa shape index (κ3) is 4.38. The van der Waals surface area contributed by atoms with Crippen LogP contribution in [-0.4, -0.2) is 18.0 Å². The number of pyridine rings is 1. The normalized spacial score (nSPS) is 10.5. The third-order valence-electron chi connectivity index (χ3n) is 4.15. The minimum Gasteiger partial charge on any atom is -0.497 e. The van der Waals surface area contributed by atoms with Crippen LogP contribution in [0.4, 0.5) is 5.69 Å². The van der Waals surface area contributed by atoms with Gasteiger partial charge in [-0.25, -0.2) is 0 Å². The molecule has 2 aromatic carbocycles. The average molecular weight is 383 g/mol. The summed E-state index contributed by atoms with van der Waals surface area (Å²) in [5, 5.41) is 0.619. The molecule has 3 rings (SSSR count). The molecule has 6 heteroatoms. The molecule has 0 bridgehead atoms. The Morgan fingerprint density at radius 2 is 1.85 bits per heavy atom. The molecule has 0 unspecified atom stereocenters. The highest BCUT2D eigenvalue weighted by atomic mass is 35.5. The molecule has 1 aromatic heterocycles. The highest BCUT2D eigenvalue weighted by Gasteiger charge is 2.21. The molecule has 27 heavy (non-hydrogen) atoms. The fourth-order valence-electron chi connectivity index (χ4n) is 2.72. The lowest BCUT2D eigenvalue weighted by Crippen LogP contribution is -2.34. The van der Waals surface area contributed by atoms with E-state index in [0.717, 1.165) is 5.56 Å². The third-order valence-corrected chi connectivity index (χ3v) is 4.40. The van der Waals surface area contributed by atoms with Crippen molar-refractivity contribution in [3.8, 4) is 5.75 Å². The van der Waals surface area contributed by atoms with Gasteiger partial charge in [-0.15, -0.1) is 0 Å². The van der Waals surface area contributed by atoms with E-state index in [2.05, 4.69) is 4.98 Å². The van der Waals surface area contributed by atoms with Crippen molar-refractivity contribution >= 4 is 23.2 Å². The highest BCUT2D eigenvalue weighted by Crippen LogP contribution is 2.24. The fourth-order valence-corrected chi connectivity index (χ4v) is 2.84. The van der Waals surface area contributed by atoms with E-state index in [4.69, 9.17) is 16.3 Å². The van der Waals surface area contributed by atoms with Gasteiger partial charge in [-0.3, -0.25) is 9.59 Å². The standard InChI is InChI=1S/C21H19ClN2O3/c1-14-6-11-19(20(25)23-14)21(26)24(13-15-7-9-16(22)10-8-15)17-4-3-5-18(12-17)27-2/h3-12H,13H2,1-2H3,(H,23,25). The van der Waals surface area contributed by atoms with Crippen molar-refractivity contribution in [2.75, 3.05) is 12.0 Å². The number of nitrogens with zero attached hydrogens (tertiary/aromatic N) is 1. The lowest BCUT2D eigenvalue weighted by Gasteiger charge is -2.23. The number of amides is 1. The summed E-state index contributed by atoms with van der Waals surface area (Å²) in [6.45, 7) is 2.06. The van der Waals surface area contributed by atoms with Gasteiger partial charge in [0.2, 0.25) is 0 Å². The van der Waals surface area contributed by atoms with Gasteiger partial charge in [-0.2, -0.15) is 0 Å². The first-order chi connectivity index (χ1) is 13.0. The molecule has 5 nitrogen and oxygen atoms in total. The number of ether oxygens (including phenoxy) is 1. The van der Waals surface area contributed by atoms with Gasteiger partial charge in [-0.05, 0) is 48.9 Å². The summed E-state index contributed by atoms with van der Waals surface area (Å²) in [7, 11) is 1.56. The SMILES string of the molecule is COc1cccc(N(Cc2ccc(Cl)cc2)C(=O)c2ccc(C)[nH]c2=O)c1. The number of aromatic nitrogens is 1. The average Bonchev–Trinajstić information content (AvgIpc) is 2.67. The number of carbonyl (C=O) groups is 1. The van der Waals surface area contributed by atoms with Crippen molar-refractivity contribution < 1.29 is 9.53 Å². The van der Waals surface area contributed by atoms with Crippen LogP contribution in [0.2, 0.25) is 5.02 Å². The molecule has 0 aliphatic heterocycles. The zero-order valence-corrected chi connectivity index (χ0v) is 15.8. The summed E-state index contributed by atoms with van der Waals surface area (Å²) in [4.78, 5) is 29.7. The first-order valence-corrected chi connectivity index (χ1v) is 8.76. The van der Waals surface area contributed by atoms with E-state index in [-0.39, 0.29) is 18.0 Å². The van der Waals surface area contributed by atoms with Crippen molar-refractivity contribution in [3.05, 3.63) is 92.9 Å². The van der Waals surface area contributed by atoms with E-state index in [1.807, 2.05) is 12.1 Å². The summed E-state index contributed by atoms with van der Waals surface area (Å²) < 4.78 is 5.27. The molecule has 0 aliphatic carbocycles. The van der Waals surface area contributed by atoms with Crippen LogP contribution in [0.5, 0.6) is 5.75 Å². The summed E-state index contributed by atoms with van der Waals surface area (Å²) in [6.07, 6.45) is 0. The number of hydrogen-bond donors (Lipinski definition) is 1. The lowest BCUT2D eigenvalue weighted by atomic mass is 10.1. The molecular formula is C21H19ClN2O3. The number of aromatic amines is 1. The second-order valence-electron chi connectivity index (χ2n) is 6.10. The summed E-state index contributed by atoms with van der Waals surface area (Å²) in [5.41, 5.74) is 1.89. The van der Waals surface area contributed by atoms with Crippen LogP contribution in [-0.2, 0) is 6.54 Å². The minimum absolute atomic E-state index is 0.0809. The van der Waals surface area contributed by atoms with Crippen molar-refractivity contribution in [2.24, 2.45) is 0 Å². The monoisotopic (exact) mass is 382 g/mol. The van der Waals surface area contributed by atoms with Crippen LogP contribution >= 0.6 is 11.6 Å². The molecule has 3 aromatic rings. The number of carbonyl (C=O) groups excluding carboxylic acids is 1. The number of H-pyrrole nitrogens is 1. The van der Waals surface area contributed by atoms with Crippen molar-refractivity contribution in [1.29, 1.82) is 0 Å². The van der Waals surface area contributed by atoms with Crippen LogP contribution in [0.15, 0.2) is 65.5 Å². The molecule has 0 spiro atoms. The zero-order chi connectivity index (χ0) is 19.4. The van der Waals surface area contributed by atoms with E-state index in [1.165, 1.54) is 0 Å². The molecular weight excluding hydrogens is 364 g/mol. The number of nitrogens with one attached hydrogen (secondary N) is 1. The van der Waals surface area contributed by atoms with E-state index in [1.54, 1.807) is 67.5 Å². The summed E-state index contributed by atoms with van der Waals surface area (Å²) in [6, 6.07) is 17.7. The van der Waals surface area contributed by atoms with E-state index >= 15 is 0 Å². The fraction of sp³-hybridized carbons (Fsp3) is 0.143. The smallest absolute Gasteiger partial charge is 0.264 e. The summed E-state index contributed by atoms with van der Waals surface area (Å²) >= 11 is 5.96. The topological polar surface area (TPSA) is 62.4 Å². The maximum Gasteiger partial charge on any atom is 0.264 e. The molecule has 1 N–H and O–H groups in total. The predicted molar refractivity (Wildman–Crippen MR) is 107 cm³/mol. The predicted octanol–water partition coefficient (Wildman–Crippen LogP) is 4.19. The maximum absolute atomic E-state index is 13.2. The second kappa shape index (κ2) is 8.10. The van der Waals surface area contributed by atoms with Crippen molar-refractivity contribution in [2.45, 2.75) is 13.5 Å². The van der Waals surface area contributed by atoms with Crippen LogP contribution in [0, 0.1) is 6.92 Å². The first kappa shape index (κ1) is 18.7. The molecule has 1 heterocycles. The van der Waals surface area contributed by atoms with Gasteiger partial charge in [0.15, 0.2) is 0 Å². The van der Waals surface area contributed by atoms with Gasteiger partial charge in [0.05, 0.1) is 13.7 Å². The Balaban J connectivity index is 2.03. The Bertz CT molecular complexity index is 1010. The molecule has 0 saturated heterocycles.